The predicted molar refractivity (Wildman–Crippen MR) is 120 cm³/mol. The lowest BCUT2D eigenvalue weighted by Crippen LogP contribution is -2.56. The van der Waals surface area contributed by atoms with Gasteiger partial charge in [0.05, 0.1) is 25.8 Å². The monoisotopic (exact) mass is 425 g/mol. The van der Waals surface area contributed by atoms with Crippen molar-refractivity contribution < 1.29 is 14.3 Å². The molecule has 3 rings (SSSR count). The lowest BCUT2D eigenvalue weighted by atomic mass is 10.1. The van der Waals surface area contributed by atoms with Crippen molar-refractivity contribution in [2.24, 2.45) is 7.05 Å². The van der Waals surface area contributed by atoms with Gasteiger partial charge in [-0.1, -0.05) is 30.4 Å². The highest BCUT2D eigenvalue weighted by Gasteiger charge is 2.31. The molecule has 1 aromatic heterocycles. The highest BCUT2D eigenvalue weighted by atomic mass is 16.5. The van der Waals surface area contributed by atoms with Crippen molar-refractivity contribution in [1.29, 1.82) is 0 Å². The van der Waals surface area contributed by atoms with Crippen LogP contribution in [0.25, 0.3) is 6.08 Å². The van der Waals surface area contributed by atoms with E-state index in [1.165, 1.54) is 0 Å². The first-order chi connectivity index (χ1) is 15.0. The van der Waals surface area contributed by atoms with E-state index >= 15 is 0 Å². The first-order valence-corrected chi connectivity index (χ1v) is 10.5. The number of benzene rings is 1. The summed E-state index contributed by atoms with van der Waals surface area (Å²) in [6, 6.07) is 7.31. The Bertz CT molecular complexity index is 923. The Kier molecular flexibility index (Phi) is 7.83. The van der Waals surface area contributed by atoms with Crippen LogP contribution in [0.5, 0.6) is 5.75 Å². The first-order valence-electron chi connectivity index (χ1n) is 10.5. The molecule has 8 heteroatoms. The number of nitrogens with one attached hydrogen (secondary N) is 1. The Morgan fingerprint density at radius 3 is 2.94 bits per heavy atom. The molecule has 1 saturated heterocycles. The number of nitrogens with zero attached hydrogens (tertiary/aromatic N) is 4. The molecule has 0 aliphatic carbocycles. The molecular formula is C23H31N5O3. The van der Waals surface area contributed by atoms with Crippen LogP contribution in [0.15, 0.2) is 42.7 Å². The molecule has 31 heavy (non-hydrogen) atoms. The van der Waals surface area contributed by atoms with Crippen molar-refractivity contribution in [3.8, 4) is 5.75 Å². The molecular weight excluding hydrogens is 394 g/mol. The van der Waals surface area contributed by atoms with Gasteiger partial charge in [0.15, 0.2) is 0 Å². The molecule has 2 heterocycles. The Balaban J connectivity index is 1.57. The summed E-state index contributed by atoms with van der Waals surface area (Å²) in [4.78, 5) is 29.0. The minimum atomic E-state index is -0.468. The van der Waals surface area contributed by atoms with Gasteiger partial charge >= 0.3 is 0 Å². The zero-order chi connectivity index (χ0) is 22.2. The van der Waals surface area contributed by atoms with Crippen molar-refractivity contribution in [3.05, 3.63) is 53.9 Å². The summed E-state index contributed by atoms with van der Waals surface area (Å²) < 4.78 is 7.13. The third-order valence-corrected chi connectivity index (χ3v) is 5.51. The van der Waals surface area contributed by atoms with Gasteiger partial charge in [-0.3, -0.25) is 19.2 Å². The summed E-state index contributed by atoms with van der Waals surface area (Å²) in [5.74, 6) is 0.674. The number of rotatable bonds is 9. The fraction of sp³-hybridized carbons (Fsp3) is 0.435. The van der Waals surface area contributed by atoms with Crippen LogP contribution in [-0.4, -0.2) is 77.8 Å². The van der Waals surface area contributed by atoms with Gasteiger partial charge < -0.3 is 15.0 Å². The minimum Gasteiger partial charge on any atom is -0.496 e. The summed E-state index contributed by atoms with van der Waals surface area (Å²) in [7, 11) is 5.30. The van der Waals surface area contributed by atoms with E-state index in [1.807, 2.05) is 55.9 Å². The lowest BCUT2D eigenvalue weighted by molar-refractivity contribution is -0.137. The van der Waals surface area contributed by atoms with E-state index in [0.29, 0.717) is 26.2 Å². The normalized spacial score (nSPS) is 17.0. The van der Waals surface area contributed by atoms with Crippen LogP contribution in [-0.2, 0) is 23.1 Å². The summed E-state index contributed by atoms with van der Waals surface area (Å²) in [6.45, 7) is 2.47. The molecule has 2 amide bonds. The van der Waals surface area contributed by atoms with Crippen molar-refractivity contribution >= 4 is 17.9 Å². The number of amides is 2. The smallest absolute Gasteiger partial charge is 0.237 e. The van der Waals surface area contributed by atoms with Crippen LogP contribution in [0.1, 0.15) is 17.5 Å². The van der Waals surface area contributed by atoms with Crippen molar-refractivity contribution in [2.75, 3.05) is 40.3 Å². The van der Waals surface area contributed by atoms with E-state index in [-0.39, 0.29) is 18.2 Å². The zero-order valence-electron chi connectivity index (χ0n) is 18.5. The molecule has 0 unspecified atom stereocenters. The molecule has 1 aliphatic heterocycles. The van der Waals surface area contributed by atoms with E-state index < -0.39 is 6.04 Å². The SMILES string of the molecule is COc1ccccc1/C=C/CN1CCNC(=O)[C@H]1CC(=O)N(C)CCc1cnn(C)c1. The number of hydrogen-bond donors (Lipinski definition) is 1. The Morgan fingerprint density at radius 2 is 2.19 bits per heavy atom. The fourth-order valence-electron chi connectivity index (χ4n) is 3.67. The summed E-state index contributed by atoms with van der Waals surface area (Å²) >= 11 is 0. The number of carbonyl (C=O) groups excluding carboxylic acids is 2. The Hall–Kier alpha value is -3.13. The number of hydrogen-bond acceptors (Lipinski definition) is 5. The number of ether oxygens (including phenoxy) is 1. The van der Waals surface area contributed by atoms with Crippen LogP contribution in [0.3, 0.4) is 0 Å². The maximum atomic E-state index is 12.8. The quantitative estimate of drug-likeness (QED) is 0.656. The number of aromatic nitrogens is 2. The Labute approximate surface area is 183 Å². The second kappa shape index (κ2) is 10.8. The molecule has 8 nitrogen and oxygen atoms in total. The van der Waals surface area contributed by atoms with Crippen LogP contribution in [0.2, 0.25) is 0 Å². The molecule has 2 aromatic rings. The minimum absolute atomic E-state index is 0.0374. The maximum Gasteiger partial charge on any atom is 0.237 e. The average Bonchev–Trinajstić information content (AvgIpc) is 3.19. The molecule has 1 fully saturated rings. The molecule has 0 spiro atoms. The van der Waals surface area contributed by atoms with Crippen LogP contribution >= 0.6 is 0 Å². The fourth-order valence-corrected chi connectivity index (χ4v) is 3.67. The average molecular weight is 426 g/mol. The molecule has 0 bridgehead atoms. The highest BCUT2D eigenvalue weighted by molar-refractivity contribution is 5.88. The molecule has 1 atom stereocenters. The Morgan fingerprint density at radius 1 is 1.39 bits per heavy atom. The molecule has 1 N–H and O–H groups in total. The van der Waals surface area contributed by atoms with Crippen LogP contribution in [0, 0.1) is 0 Å². The van der Waals surface area contributed by atoms with Gasteiger partial charge in [0, 0.05) is 52.0 Å². The third kappa shape index (κ3) is 6.18. The number of methoxy groups -OCH3 is 1. The largest absolute Gasteiger partial charge is 0.496 e. The summed E-state index contributed by atoms with van der Waals surface area (Å²) in [5.41, 5.74) is 2.06. The van der Waals surface area contributed by atoms with E-state index in [1.54, 1.807) is 23.7 Å². The first kappa shape index (κ1) is 22.6. The highest BCUT2D eigenvalue weighted by Crippen LogP contribution is 2.19. The standard InChI is InChI=1S/C23H31N5O3/c1-26(13-10-18-16-25-27(2)17-18)22(29)15-20-23(30)24-11-14-28(20)12-6-8-19-7-4-5-9-21(19)31-3/h4-9,16-17,20H,10-15H2,1-3H3,(H,24,30)/b8-6+/t20-/m1/s1. The second-order valence-corrected chi connectivity index (χ2v) is 7.74. The molecule has 0 radical (unpaired) electrons. The lowest BCUT2D eigenvalue weighted by Gasteiger charge is -2.34. The second-order valence-electron chi connectivity index (χ2n) is 7.74. The summed E-state index contributed by atoms with van der Waals surface area (Å²) in [6.07, 6.45) is 8.66. The number of likely N-dealkylation sites (N-methyl/N-ethyl adjacent to an activating group) is 1. The van der Waals surface area contributed by atoms with Gasteiger partial charge in [0.25, 0.3) is 0 Å². The van der Waals surface area contributed by atoms with E-state index in [2.05, 4.69) is 15.3 Å². The number of carbonyl (C=O) groups is 2. The van der Waals surface area contributed by atoms with Gasteiger partial charge in [-0.15, -0.1) is 0 Å². The zero-order valence-corrected chi connectivity index (χ0v) is 18.5. The topological polar surface area (TPSA) is 79.7 Å². The molecule has 0 saturated carbocycles. The van der Waals surface area contributed by atoms with Gasteiger partial charge in [-0.05, 0) is 18.1 Å². The van der Waals surface area contributed by atoms with Gasteiger partial charge in [-0.25, -0.2) is 0 Å². The van der Waals surface area contributed by atoms with Gasteiger partial charge in [-0.2, -0.15) is 5.10 Å². The molecule has 1 aliphatic rings. The van der Waals surface area contributed by atoms with Crippen molar-refractivity contribution in [2.45, 2.75) is 18.9 Å². The van der Waals surface area contributed by atoms with Crippen molar-refractivity contribution in [1.82, 2.24) is 24.9 Å². The molecule has 1 aromatic carbocycles. The van der Waals surface area contributed by atoms with E-state index in [9.17, 15) is 9.59 Å². The van der Waals surface area contributed by atoms with E-state index in [0.717, 1.165) is 23.3 Å². The van der Waals surface area contributed by atoms with Gasteiger partial charge in [0.1, 0.15) is 5.75 Å². The molecule has 166 valence electrons. The predicted octanol–water partition coefficient (Wildman–Crippen LogP) is 1.33. The van der Waals surface area contributed by atoms with E-state index in [4.69, 9.17) is 4.74 Å². The van der Waals surface area contributed by atoms with Crippen molar-refractivity contribution in [3.63, 3.8) is 0 Å². The third-order valence-electron chi connectivity index (χ3n) is 5.51. The number of aryl methyl sites for hydroxylation is 1. The van der Waals surface area contributed by atoms with Gasteiger partial charge in [0.2, 0.25) is 11.8 Å². The van der Waals surface area contributed by atoms with Crippen LogP contribution in [0.4, 0.5) is 0 Å². The number of piperazine rings is 1. The number of para-hydroxylation sites is 1. The maximum absolute atomic E-state index is 12.8. The summed E-state index contributed by atoms with van der Waals surface area (Å²) in [5, 5.41) is 7.04. The van der Waals surface area contributed by atoms with Crippen LogP contribution < -0.4 is 10.1 Å².